The van der Waals surface area contributed by atoms with Crippen molar-refractivity contribution in [2.45, 2.75) is 43.8 Å². The van der Waals surface area contributed by atoms with Crippen LogP contribution in [0.5, 0.6) is 0 Å². The Morgan fingerprint density at radius 3 is 2.42 bits per heavy atom. The molecule has 2 aliphatic rings. The minimum absolute atomic E-state index is 0.0726. The fourth-order valence-corrected chi connectivity index (χ4v) is 2.08. The highest BCUT2D eigenvalue weighted by Gasteiger charge is 2.45. The van der Waals surface area contributed by atoms with Crippen molar-refractivity contribution in [2.24, 2.45) is 0 Å². The van der Waals surface area contributed by atoms with Crippen LogP contribution in [0.1, 0.15) is 19.3 Å². The molecule has 5 heteroatoms. The number of nitrogens with one attached hydrogen (secondary N) is 1. The average Bonchev–Trinajstić information content (AvgIpc) is 2.42. The van der Waals surface area contributed by atoms with Crippen molar-refractivity contribution in [3.63, 3.8) is 0 Å². The van der Waals surface area contributed by atoms with E-state index in [-0.39, 0.29) is 12.1 Å². The maximum absolute atomic E-state index is 11.8. The van der Waals surface area contributed by atoms with Crippen LogP contribution in [0.4, 0.5) is 13.2 Å². The molecule has 0 aromatic carbocycles. The first-order valence-electron chi connectivity index (χ1n) is 4.05. The van der Waals surface area contributed by atoms with Gasteiger partial charge in [-0.1, -0.05) is 0 Å². The van der Waals surface area contributed by atoms with E-state index in [9.17, 15) is 13.2 Å². The highest BCUT2D eigenvalue weighted by atomic mass is 19.4. The highest BCUT2D eigenvalue weighted by molar-refractivity contribution is 4.98. The standard InChI is InChI=1S/C7H10F3NO/c8-7(9,10)12-6-3-4-1-2-5(6)11-4/h4-6,11H,1-3H2/t4-,5+,6-/m1/s1. The Kier molecular flexibility index (Phi) is 1.80. The summed E-state index contributed by atoms with van der Waals surface area (Å²) >= 11 is 0. The lowest BCUT2D eigenvalue weighted by Crippen LogP contribution is -2.34. The molecule has 70 valence electrons. The van der Waals surface area contributed by atoms with Crippen LogP contribution in [-0.2, 0) is 4.74 Å². The third-order valence-corrected chi connectivity index (χ3v) is 2.53. The number of halogens is 3. The number of hydrogen-bond donors (Lipinski definition) is 1. The van der Waals surface area contributed by atoms with Crippen LogP contribution in [0.2, 0.25) is 0 Å². The summed E-state index contributed by atoms with van der Waals surface area (Å²) in [6.45, 7) is 0. The summed E-state index contributed by atoms with van der Waals surface area (Å²) < 4.78 is 39.3. The third kappa shape index (κ3) is 1.56. The van der Waals surface area contributed by atoms with Crippen LogP contribution in [0.25, 0.3) is 0 Å². The van der Waals surface area contributed by atoms with Crippen molar-refractivity contribution in [3.8, 4) is 0 Å². The fraction of sp³-hybridized carbons (Fsp3) is 1.00. The molecule has 2 nitrogen and oxygen atoms in total. The Morgan fingerprint density at radius 2 is 2.00 bits per heavy atom. The molecule has 2 saturated heterocycles. The predicted octanol–water partition coefficient (Wildman–Crippen LogP) is 1.42. The van der Waals surface area contributed by atoms with Crippen molar-refractivity contribution in [2.75, 3.05) is 0 Å². The third-order valence-electron chi connectivity index (χ3n) is 2.53. The van der Waals surface area contributed by atoms with Gasteiger partial charge in [0.1, 0.15) is 0 Å². The molecule has 0 aromatic heterocycles. The first-order valence-corrected chi connectivity index (χ1v) is 4.05. The summed E-state index contributed by atoms with van der Waals surface area (Å²) in [5.74, 6) is 0. The van der Waals surface area contributed by atoms with E-state index >= 15 is 0 Å². The summed E-state index contributed by atoms with van der Waals surface area (Å²) in [5, 5.41) is 3.08. The lowest BCUT2D eigenvalue weighted by molar-refractivity contribution is -0.344. The van der Waals surface area contributed by atoms with Crippen LogP contribution in [-0.4, -0.2) is 24.6 Å². The molecule has 0 spiro atoms. The molecule has 2 rings (SSSR count). The Hall–Kier alpha value is -0.290. The molecule has 0 aliphatic carbocycles. The van der Waals surface area contributed by atoms with Crippen molar-refractivity contribution < 1.29 is 17.9 Å². The summed E-state index contributed by atoms with van der Waals surface area (Å²) in [6.07, 6.45) is -2.82. The molecule has 0 unspecified atom stereocenters. The molecule has 2 aliphatic heterocycles. The van der Waals surface area contributed by atoms with Crippen molar-refractivity contribution in [1.29, 1.82) is 0 Å². The average molecular weight is 181 g/mol. The number of alkyl halides is 3. The maximum Gasteiger partial charge on any atom is 0.522 e. The number of fused-ring (bicyclic) bond motifs is 2. The normalized spacial score (nSPS) is 40.8. The van der Waals surface area contributed by atoms with Crippen LogP contribution in [0.3, 0.4) is 0 Å². The maximum atomic E-state index is 11.8. The molecule has 2 fully saturated rings. The summed E-state index contributed by atoms with van der Waals surface area (Å²) in [5.41, 5.74) is 0. The van der Waals surface area contributed by atoms with E-state index in [4.69, 9.17) is 0 Å². The van der Waals surface area contributed by atoms with E-state index in [0.29, 0.717) is 6.42 Å². The molecule has 0 saturated carbocycles. The second kappa shape index (κ2) is 2.60. The monoisotopic (exact) mass is 181 g/mol. The van der Waals surface area contributed by atoms with Crippen LogP contribution in [0.15, 0.2) is 0 Å². The van der Waals surface area contributed by atoms with Crippen molar-refractivity contribution in [1.82, 2.24) is 5.32 Å². The second-order valence-electron chi connectivity index (χ2n) is 3.39. The van der Waals surface area contributed by atoms with Crippen LogP contribution < -0.4 is 5.32 Å². The van der Waals surface area contributed by atoms with Gasteiger partial charge >= 0.3 is 6.36 Å². The molecule has 2 bridgehead atoms. The van der Waals surface area contributed by atoms with Gasteiger partial charge in [-0.25, -0.2) is 0 Å². The van der Waals surface area contributed by atoms with Gasteiger partial charge in [0.2, 0.25) is 0 Å². The Morgan fingerprint density at radius 1 is 1.25 bits per heavy atom. The van der Waals surface area contributed by atoms with E-state index in [2.05, 4.69) is 10.1 Å². The minimum atomic E-state index is -4.48. The fourth-order valence-electron chi connectivity index (χ4n) is 2.08. The van der Waals surface area contributed by atoms with E-state index in [1.807, 2.05) is 0 Å². The molecule has 3 atom stereocenters. The Bertz CT molecular complexity index is 182. The quantitative estimate of drug-likeness (QED) is 0.660. The van der Waals surface area contributed by atoms with E-state index in [1.54, 1.807) is 0 Å². The topological polar surface area (TPSA) is 21.3 Å². The lowest BCUT2D eigenvalue weighted by atomic mass is 9.98. The number of ether oxygens (including phenoxy) is 1. The zero-order chi connectivity index (χ0) is 8.77. The lowest BCUT2D eigenvalue weighted by Gasteiger charge is -2.21. The minimum Gasteiger partial charge on any atom is -0.309 e. The Labute approximate surface area is 68.1 Å². The number of rotatable bonds is 1. The number of hydrogen-bond acceptors (Lipinski definition) is 2. The summed E-state index contributed by atoms with van der Waals surface area (Å²) in [6, 6.07) is 0.180. The van der Waals surface area contributed by atoms with Gasteiger partial charge in [-0.3, -0.25) is 4.74 Å². The Balaban J connectivity index is 1.91. The van der Waals surface area contributed by atoms with Gasteiger partial charge in [0.05, 0.1) is 6.10 Å². The first kappa shape index (κ1) is 8.31. The van der Waals surface area contributed by atoms with Crippen LogP contribution in [0, 0.1) is 0 Å². The summed E-state index contributed by atoms with van der Waals surface area (Å²) in [7, 11) is 0. The molecule has 0 radical (unpaired) electrons. The predicted molar refractivity (Wildman–Crippen MR) is 35.5 cm³/mol. The molecule has 0 amide bonds. The SMILES string of the molecule is FC(F)(F)O[C@@H]1C[C@H]2CC[C@@H]1N2. The molecule has 1 N–H and O–H groups in total. The van der Waals surface area contributed by atoms with Gasteiger partial charge in [-0.2, -0.15) is 0 Å². The van der Waals surface area contributed by atoms with E-state index < -0.39 is 12.5 Å². The second-order valence-corrected chi connectivity index (χ2v) is 3.39. The van der Waals surface area contributed by atoms with Crippen molar-refractivity contribution in [3.05, 3.63) is 0 Å². The largest absolute Gasteiger partial charge is 0.522 e. The van der Waals surface area contributed by atoms with Gasteiger partial charge in [-0.15, -0.1) is 13.2 Å². The molecular weight excluding hydrogens is 171 g/mol. The summed E-state index contributed by atoms with van der Waals surface area (Å²) in [4.78, 5) is 0. The van der Waals surface area contributed by atoms with Gasteiger partial charge < -0.3 is 5.32 Å². The molecule has 2 heterocycles. The first-order chi connectivity index (χ1) is 5.54. The van der Waals surface area contributed by atoms with E-state index in [0.717, 1.165) is 12.8 Å². The molecule has 0 aromatic rings. The van der Waals surface area contributed by atoms with Gasteiger partial charge in [0.25, 0.3) is 0 Å². The highest BCUT2D eigenvalue weighted by Crippen LogP contribution is 2.33. The van der Waals surface area contributed by atoms with Crippen molar-refractivity contribution >= 4 is 0 Å². The zero-order valence-corrected chi connectivity index (χ0v) is 6.40. The molecular formula is C7H10F3NO. The van der Waals surface area contributed by atoms with Crippen LogP contribution >= 0.6 is 0 Å². The smallest absolute Gasteiger partial charge is 0.309 e. The van der Waals surface area contributed by atoms with E-state index in [1.165, 1.54) is 0 Å². The molecule has 12 heavy (non-hydrogen) atoms. The van der Waals surface area contributed by atoms with Gasteiger partial charge in [0, 0.05) is 12.1 Å². The van der Waals surface area contributed by atoms with Gasteiger partial charge in [-0.05, 0) is 19.3 Å². The zero-order valence-electron chi connectivity index (χ0n) is 6.40. The van der Waals surface area contributed by atoms with Gasteiger partial charge in [0.15, 0.2) is 0 Å².